The number of hydrazone groups is 1. The standard InChI is InChI=1S/C20H23N3O4/c1-13-5-7-16(9-14(13)2)20(25)21-12-19(24)23-22-11-15-6-8-17(26-3)18(10-15)27-4/h5-11H,12H2,1-4H3,(H,21,25)(H,23,24)/b22-11+. The molecule has 0 aliphatic carbocycles. The molecule has 0 bridgehead atoms. The van der Waals surface area contributed by atoms with Crippen molar-refractivity contribution in [2.45, 2.75) is 13.8 Å². The number of nitrogens with one attached hydrogen (secondary N) is 2. The Bertz CT molecular complexity index is 862. The van der Waals surface area contributed by atoms with E-state index in [9.17, 15) is 9.59 Å². The summed E-state index contributed by atoms with van der Waals surface area (Å²) < 4.78 is 10.4. The van der Waals surface area contributed by atoms with Crippen LogP contribution < -0.4 is 20.2 Å². The van der Waals surface area contributed by atoms with Crippen LogP contribution in [0.25, 0.3) is 0 Å². The van der Waals surface area contributed by atoms with Gasteiger partial charge in [-0.15, -0.1) is 0 Å². The predicted molar refractivity (Wildman–Crippen MR) is 104 cm³/mol. The van der Waals surface area contributed by atoms with E-state index in [1.54, 1.807) is 44.6 Å². The van der Waals surface area contributed by atoms with Gasteiger partial charge in [0.05, 0.1) is 27.0 Å². The molecule has 2 aromatic carbocycles. The van der Waals surface area contributed by atoms with Gasteiger partial charge in [0.2, 0.25) is 0 Å². The van der Waals surface area contributed by atoms with Gasteiger partial charge in [0.1, 0.15) is 0 Å². The number of nitrogens with zero attached hydrogens (tertiary/aromatic N) is 1. The van der Waals surface area contributed by atoms with Crippen LogP contribution in [0, 0.1) is 13.8 Å². The summed E-state index contributed by atoms with van der Waals surface area (Å²) in [5.74, 6) is 0.433. The molecule has 0 spiro atoms. The summed E-state index contributed by atoms with van der Waals surface area (Å²) in [5, 5.41) is 6.44. The molecule has 0 saturated carbocycles. The van der Waals surface area contributed by atoms with Crippen molar-refractivity contribution in [2.75, 3.05) is 20.8 Å². The van der Waals surface area contributed by atoms with Gasteiger partial charge < -0.3 is 14.8 Å². The topological polar surface area (TPSA) is 89.0 Å². The number of rotatable bonds is 7. The molecule has 0 aliphatic heterocycles. The van der Waals surface area contributed by atoms with E-state index in [-0.39, 0.29) is 12.5 Å². The number of methoxy groups -OCH3 is 2. The number of aryl methyl sites for hydroxylation is 2. The van der Waals surface area contributed by atoms with E-state index in [0.29, 0.717) is 17.1 Å². The summed E-state index contributed by atoms with van der Waals surface area (Å²) in [6.07, 6.45) is 1.48. The lowest BCUT2D eigenvalue weighted by atomic mass is 10.1. The van der Waals surface area contributed by atoms with E-state index in [2.05, 4.69) is 15.8 Å². The summed E-state index contributed by atoms with van der Waals surface area (Å²) in [6, 6.07) is 10.6. The zero-order chi connectivity index (χ0) is 19.8. The second-order valence-corrected chi connectivity index (χ2v) is 5.89. The molecule has 0 radical (unpaired) electrons. The van der Waals surface area contributed by atoms with Crippen LogP contribution in [0.2, 0.25) is 0 Å². The van der Waals surface area contributed by atoms with E-state index in [0.717, 1.165) is 16.7 Å². The molecule has 7 nitrogen and oxygen atoms in total. The Morgan fingerprint density at radius 2 is 1.74 bits per heavy atom. The SMILES string of the molecule is COc1ccc(/C=N/NC(=O)CNC(=O)c2ccc(C)c(C)c2)cc1OC. The lowest BCUT2D eigenvalue weighted by Gasteiger charge is -2.07. The third kappa shape index (κ3) is 5.57. The summed E-state index contributed by atoms with van der Waals surface area (Å²) in [5.41, 5.74) is 5.74. The van der Waals surface area contributed by atoms with E-state index in [1.165, 1.54) is 6.21 Å². The first kappa shape index (κ1) is 20.0. The van der Waals surface area contributed by atoms with Crippen LogP contribution in [-0.2, 0) is 4.79 Å². The maximum atomic E-state index is 12.1. The van der Waals surface area contributed by atoms with Crippen LogP contribution in [0.3, 0.4) is 0 Å². The second-order valence-electron chi connectivity index (χ2n) is 5.89. The minimum atomic E-state index is -0.427. The quantitative estimate of drug-likeness (QED) is 0.578. The Balaban J connectivity index is 1.86. The Labute approximate surface area is 158 Å². The third-order valence-electron chi connectivity index (χ3n) is 3.99. The second kappa shape index (κ2) is 9.38. The Morgan fingerprint density at radius 3 is 2.41 bits per heavy atom. The van der Waals surface area contributed by atoms with Crippen LogP contribution in [0.1, 0.15) is 27.0 Å². The van der Waals surface area contributed by atoms with Gasteiger partial charge in [-0.25, -0.2) is 5.43 Å². The summed E-state index contributed by atoms with van der Waals surface area (Å²) in [6.45, 7) is 3.73. The lowest BCUT2D eigenvalue weighted by molar-refractivity contribution is -0.120. The highest BCUT2D eigenvalue weighted by Gasteiger charge is 2.08. The van der Waals surface area contributed by atoms with E-state index < -0.39 is 5.91 Å². The van der Waals surface area contributed by atoms with Crippen LogP contribution in [0.5, 0.6) is 11.5 Å². The molecule has 0 heterocycles. The molecule has 2 amide bonds. The fraction of sp³-hybridized carbons (Fsp3) is 0.250. The van der Waals surface area contributed by atoms with Crippen molar-refractivity contribution in [1.82, 2.24) is 10.7 Å². The molecular formula is C20H23N3O4. The fourth-order valence-corrected chi connectivity index (χ4v) is 2.30. The monoisotopic (exact) mass is 369 g/mol. The molecule has 2 aromatic rings. The molecule has 2 N–H and O–H groups in total. The molecule has 2 rings (SSSR count). The lowest BCUT2D eigenvalue weighted by Crippen LogP contribution is -2.34. The molecule has 27 heavy (non-hydrogen) atoms. The zero-order valence-corrected chi connectivity index (χ0v) is 15.8. The van der Waals surface area contributed by atoms with Gasteiger partial charge in [-0.3, -0.25) is 9.59 Å². The first-order valence-corrected chi connectivity index (χ1v) is 8.34. The minimum absolute atomic E-state index is 0.172. The molecule has 0 aromatic heterocycles. The van der Waals surface area contributed by atoms with Crippen LogP contribution >= 0.6 is 0 Å². The average Bonchev–Trinajstić information content (AvgIpc) is 2.68. The van der Waals surface area contributed by atoms with Gasteiger partial charge in [-0.1, -0.05) is 6.07 Å². The number of hydrogen-bond donors (Lipinski definition) is 2. The van der Waals surface area contributed by atoms with Crippen molar-refractivity contribution in [1.29, 1.82) is 0 Å². The van der Waals surface area contributed by atoms with Crippen molar-refractivity contribution in [3.05, 3.63) is 58.7 Å². The van der Waals surface area contributed by atoms with E-state index in [4.69, 9.17) is 9.47 Å². The molecule has 0 atom stereocenters. The number of benzene rings is 2. The third-order valence-corrected chi connectivity index (χ3v) is 3.99. The molecule has 0 unspecified atom stereocenters. The first-order valence-electron chi connectivity index (χ1n) is 8.34. The van der Waals surface area contributed by atoms with Crippen LogP contribution in [0.15, 0.2) is 41.5 Å². The highest BCUT2D eigenvalue weighted by molar-refractivity contribution is 5.96. The fourth-order valence-electron chi connectivity index (χ4n) is 2.30. The number of amides is 2. The first-order chi connectivity index (χ1) is 12.9. The maximum Gasteiger partial charge on any atom is 0.259 e. The Kier molecular flexibility index (Phi) is 6.93. The average molecular weight is 369 g/mol. The van der Waals surface area contributed by atoms with Crippen molar-refractivity contribution < 1.29 is 19.1 Å². The van der Waals surface area contributed by atoms with Gasteiger partial charge in [0.15, 0.2) is 11.5 Å². The largest absolute Gasteiger partial charge is 0.493 e. The van der Waals surface area contributed by atoms with Gasteiger partial charge in [-0.05, 0) is 60.9 Å². The van der Waals surface area contributed by atoms with Gasteiger partial charge in [0, 0.05) is 5.56 Å². The molecule has 0 fully saturated rings. The number of ether oxygens (including phenoxy) is 2. The van der Waals surface area contributed by atoms with Gasteiger partial charge in [-0.2, -0.15) is 5.10 Å². The molecule has 142 valence electrons. The zero-order valence-electron chi connectivity index (χ0n) is 15.8. The summed E-state index contributed by atoms with van der Waals surface area (Å²) in [7, 11) is 3.09. The van der Waals surface area contributed by atoms with Crippen molar-refractivity contribution in [2.24, 2.45) is 5.10 Å². The highest BCUT2D eigenvalue weighted by Crippen LogP contribution is 2.26. The van der Waals surface area contributed by atoms with Crippen molar-refractivity contribution in [3.63, 3.8) is 0 Å². The van der Waals surface area contributed by atoms with Gasteiger partial charge in [0.25, 0.3) is 11.8 Å². The molecule has 7 heteroatoms. The maximum absolute atomic E-state index is 12.1. The van der Waals surface area contributed by atoms with Gasteiger partial charge >= 0.3 is 0 Å². The molecule has 0 aliphatic rings. The molecular weight excluding hydrogens is 346 g/mol. The Hall–Kier alpha value is -3.35. The predicted octanol–water partition coefficient (Wildman–Crippen LogP) is 2.20. The summed E-state index contributed by atoms with van der Waals surface area (Å²) >= 11 is 0. The van der Waals surface area contributed by atoms with Crippen molar-refractivity contribution >= 4 is 18.0 Å². The smallest absolute Gasteiger partial charge is 0.259 e. The molecule has 0 saturated heterocycles. The summed E-state index contributed by atoms with van der Waals surface area (Å²) in [4.78, 5) is 23.9. The minimum Gasteiger partial charge on any atom is -0.493 e. The highest BCUT2D eigenvalue weighted by atomic mass is 16.5. The van der Waals surface area contributed by atoms with Crippen molar-refractivity contribution in [3.8, 4) is 11.5 Å². The number of hydrogen-bond acceptors (Lipinski definition) is 5. The van der Waals surface area contributed by atoms with E-state index >= 15 is 0 Å². The van der Waals surface area contributed by atoms with E-state index in [1.807, 2.05) is 19.9 Å². The number of carbonyl (C=O) groups is 2. The van der Waals surface area contributed by atoms with Crippen LogP contribution in [0.4, 0.5) is 0 Å². The number of carbonyl (C=O) groups excluding carboxylic acids is 2. The normalized spacial score (nSPS) is 10.5. The Morgan fingerprint density at radius 1 is 1.00 bits per heavy atom. The van der Waals surface area contributed by atoms with Crippen LogP contribution in [-0.4, -0.2) is 38.8 Å².